The highest BCUT2D eigenvalue weighted by Gasteiger charge is 2.34. The van der Waals surface area contributed by atoms with Crippen LogP contribution in [0.5, 0.6) is 0 Å². The van der Waals surface area contributed by atoms with Gasteiger partial charge in [-0.1, -0.05) is 24.3 Å². The number of fused-ring (bicyclic) bond motifs is 1. The van der Waals surface area contributed by atoms with Crippen LogP contribution in [0.3, 0.4) is 0 Å². The molecule has 4 aromatic heterocycles. The minimum Gasteiger partial charge on any atom is -0.366 e. The van der Waals surface area contributed by atoms with E-state index in [0.29, 0.717) is 41.5 Å². The van der Waals surface area contributed by atoms with Gasteiger partial charge in [0.1, 0.15) is 17.2 Å². The number of nitrogens with one attached hydrogen (secondary N) is 3. The fraction of sp³-hybridized carbons (Fsp3) is 0.267. The minimum atomic E-state index is -0.295. The van der Waals surface area contributed by atoms with E-state index in [2.05, 4.69) is 30.6 Å². The van der Waals surface area contributed by atoms with Crippen LogP contribution >= 0.6 is 0 Å². The summed E-state index contributed by atoms with van der Waals surface area (Å²) in [6, 6.07) is 15.2. The highest BCUT2D eigenvalue weighted by atomic mass is 16.2. The van der Waals surface area contributed by atoms with Crippen LogP contribution in [0.4, 0.5) is 5.82 Å². The summed E-state index contributed by atoms with van der Waals surface area (Å²) >= 11 is 0. The molecule has 206 valence electrons. The van der Waals surface area contributed by atoms with Gasteiger partial charge in [-0.2, -0.15) is 0 Å². The lowest BCUT2D eigenvalue weighted by atomic mass is 10.1. The Bertz CT molecular complexity index is 1850. The third-order valence-electron chi connectivity index (χ3n) is 7.51. The van der Waals surface area contributed by atoms with Crippen LogP contribution in [0.15, 0.2) is 76.7 Å². The number of anilines is 1. The van der Waals surface area contributed by atoms with Crippen molar-refractivity contribution in [1.82, 2.24) is 34.4 Å². The first-order valence-electron chi connectivity index (χ1n) is 13.8. The monoisotopic (exact) mass is 548 g/mol. The molecular weight excluding hydrogens is 520 g/mol. The Morgan fingerprint density at radius 2 is 1.56 bits per heavy atom. The second kappa shape index (κ2) is 10.2. The van der Waals surface area contributed by atoms with E-state index in [4.69, 9.17) is 0 Å². The zero-order valence-electron chi connectivity index (χ0n) is 22.2. The predicted molar refractivity (Wildman–Crippen MR) is 154 cm³/mol. The zero-order chi connectivity index (χ0) is 27.9. The number of H-pyrrole nitrogens is 1. The normalized spacial score (nSPS) is 14.7. The van der Waals surface area contributed by atoms with E-state index < -0.39 is 0 Å². The molecule has 0 unspecified atom stereocenters. The molecular formula is C30H28N8O3. The molecule has 0 spiro atoms. The van der Waals surface area contributed by atoms with Crippen LogP contribution < -0.4 is 21.9 Å². The summed E-state index contributed by atoms with van der Waals surface area (Å²) in [5.74, 6) is 1.08. The van der Waals surface area contributed by atoms with E-state index in [1.165, 1.54) is 4.57 Å². The summed E-state index contributed by atoms with van der Waals surface area (Å²) in [6.07, 6.45) is 8.46. The Labute approximate surface area is 234 Å². The summed E-state index contributed by atoms with van der Waals surface area (Å²) in [7, 11) is 0. The molecule has 0 aliphatic heterocycles. The Morgan fingerprint density at radius 3 is 2.22 bits per heavy atom. The summed E-state index contributed by atoms with van der Waals surface area (Å²) in [5, 5.41) is 6.23. The highest BCUT2D eigenvalue weighted by molar-refractivity contribution is 5.93. The summed E-state index contributed by atoms with van der Waals surface area (Å²) in [4.78, 5) is 54.8. The van der Waals surface area contributed by atoms with Gasteiger partial charge in [0.05, 0.1) is 0 Å². The summed E-state index contributed by atoms with van der Waals surface area (Å²) in [6.45, 7) is 1.01. The third-order valence-corrected chi connectivity index (χ3v) is 7.51. The smallest absolute Gasteiger partial charge is 0.333 e. The van der Waals surface area contributed by atoms with Gasteiger partial charge in [-0.3, -0.25) is 23.7 Å². The maximum absolute atomic E-state index is 13.1. The maximum Gasteiger partial charge on any atom is 0.333 e. The van der Waals surface area contributed by atoms with Gasteiger partial charge in [-0.05, 0) is 61.1 Å². The topological polar surface area (TPSA) is 140 Å². The maximum atomic E-state index is 13.1. The molecule has 1 aromatic carbocycles. The van der Waals surface area contributed by atoms with Crippen LogP contribution in [0.25, 0.3) is 22.6 Å². The van der Waals surface area contributed by atoms with E-state index >= 15 is 0 Å². The standard InChI is InChI=1S/C30H28N8O3/c39-28(20-11-13-31-14-12-20)34-16-19-3-1-18(2-4-19)15-32-24-10-5-21(17-33-24)26-35-25-27(36-26)37(22-6-7-22)30(41)38(29(25)40)23-8-9-23/h1-5,10-14,17,22-23H,6-9,15-16H2,(H,32,33)(H,34,39)(H,35,36). The number of benzene rings is 1. The van der Waals surface area contributed by atoms with Crippen molar-refractivity contribution < 1.29 is 4.79 Å². The quantitative estimate of drug-likeness (QED) is 0.256. The predicted octanol–water partition coefficient (Wildman–Crippen LogP) is 3.56. The Kier molecular flexibility index (Phi) is 6.18. The first kappa shape index (κ1) is 24.9. The van der Waals surface area contributed by atoms with Crippen molar-refractivity contribution in [2.24, 2.45) is 0 Å². The van der Waals surface area contributed by atoms with E-state index in [1.54, 1.807) is 35.3 Å². The van der Waals surface area contributed by atoms with Gasteiger partial charge in [-0.15, -0.1) is 0 Å². The van der Waals surface area contributed by atoms with Gasteiger partial charge in [0.2, 0.25) is 0 Å². The summed E-state index contributed by atoms with van der Waals surface area (Å²) in [5.41, 5.74) is 3.65. The SMILES string of the molecule is O=C(NCc1ccc(CNc2ccc(-c3nc4c([nH]3)c(=O)n(C3CC3)c(=O)n4C3CC3)cn2)cc1)c1ccncc1. The Balaban J connectivity index is 1.01. The number of amides is 1. The van der Waals surface area contributed by atoms with Crippen molar-refractivity contribution in [2.75, 3.05) is 5.32 Å². The lowest BCUT2D eigenvalue weighted by Crippen LogP contribution is -2.39. The molecule has 0 saturated heterocycles. The molecule has 1 amide bonds. The number of hydrogen-bond acceptors (Lipinski definition) is 7. The van der Waals surface area contributed by atoms with Crippen LogP contribution in [-0.4, -0.2) is 35.0 Å². The summed E-state index contributed by atoms with van der Waals surface area (Å²) < 4.78 is 3.09. The van der Waals surface area contributed by atoms with Gasteiger partial charge in [-0.25, -0.2) is 14.8 Å². The fourth-order valence-electron chi connectivity index (χ4n) is 4.95. The number of pyridine rings is 2. The van der Waals surface area contributed by atoms with Crippen molar-refractivity contribution in [3.8, 4) is 11.4 Å². The molecule has 7 rings (SSSR count). The number of carbonyl (C=O) groups is 1. The molecule has 2 aliphatic carbocycles. The highest BCUT2D eigenvalue weighted by Crippen LogP contribution is 2.37. The van der Waals surface area contributed by atoms with Crippen molar-refractivity contribution >= 4 is 22.9 Å². The number of rotatable bonds is 9. The molecule has 2 saturated carbocycles. The van der Waals surface area contributed by atoms with Gasteiger partial charge in [0, 0.05) is 54.9 Å². The Hall–Kier alpha value is -5.06. The van der Waals surface area contributed by atoms with Crippen molar-refractivity contribution in [3.05, 3.63) is 105 Å². The minimum absolute atomic E-state index is 0.00200. The average Bonchev–Trinajstić information content (AvgIpc) is 3.95. The zero-order valence-corrected chi connectivity index (χ0v) is 22.2. The molecule has 0 radical (unpaired) electrons. The number of hydrogen-bond donors (Lipinski definition) is 3. The molecule has 2 aliphatic rings. The van der Waals surface area contributed by atoms with E-state index in [-0.39, 0.29) is 29.2 Å². The molecule has 4 heterocycles. The molecule has 41 heavy (non-hydrogen) atoms. The number of aromatic nitrogens is 6. The lowest BCUT2D eigenvalue weighted by molar-refractivity contribution is 0.0951. The molecule has 11 heteroatoms. The number of nitrogens with zero attached hydrogens (tertiary/aromatic N) is 5. The van der Waals surface area contributed by atoms with Crippen molar-refractivity contribution in [1.29, 1.82) is 0 Å². The van der Waals surface area contributed by atoms with E-state index in [1.807, 2.05) is 36.4 Å². The first-order chi connectivity index (χ1) is 20.0. The molecule has 11 nitrogen and oxygen atoms in total. The second-order valence-corrected chi connectivity index (χ2v) is 10.6. The van der Waals surface area contributed by atoms with Gasteiger partial charge >= 0.3 is 5.69 Å². The molecule has 0 atom stereocenters. The average molecular weight is 549 g/mol. The number of imidazole rings is 1. The molecule has 2 fully saturated rings. The molecule has 5 aromatic rings. The van der Waals surface area contributed by atoms with Gasteiger partial charge in [0.25, 0.3) is 11.5 Å². The molecule has 3 N–H and O–H groups in total. The Morgan fingerprint density at radius 1 is 0.878 bits per heavy atom. The van der Waals surface area contributed by atoms with E-state index in [0.717, 1.165) is 42.4 Å². The van der Waals surface area contributed by atoms with Crippen LogP contribution in [0.1, 0.15) is 59.3 Å². The fourth-order valence-corrected chi connectivity index (χ4v) is 4.95. The largest absolute Gasteiger partial charge is 0.366 e. The van der Waals surface area contributed by atoms with E-state index in [9.17, 15) is 14.4 Å². The van der Waals surface area contributed by atoms with Crippen LogP contribution in [0.2, 0.25) is 0 Å². The van der Waals surface area contributed by atoms with Crippen molar-refractivity contribution in [3.63, 3.8) is 0 Å². The van der Waals surface area contributed by atoms with Gasteiger partial charge in [0.15, 0.2) is 5.65 Å². The van der Waals surface area contributed by atoms with Crippen molar-refractivity contribution in [2.45, 2.75) is 50.9 Å². The van der Waals surface area contributed by atoms with Gasteiger partial charge < -0.3 is 15.6 Å². The molecule has 0 bridgehead atoms. The lowest BCUT2D eigenvalue weighted by Gasteiger charge is -2.09. The second-order valence-electron chi connectivity index (χ2n) is 10.6. The number of aromatic amines is 1. The number of carbonyl (C=O) groups excluding carboxylic acids is 1. The van der Waals surface area contributed by atoms with Crippen LogP contribution in [0, 0.1) is 0 Å². The third kappa shape index (κ3) is 5.02. The van der Waals surface area contributed by atoms with Crippen LogP contribution in [-0.2, 0) is 13.1 Å². The first-order valence-corrected chi connectivity index (χ1v) is 13.8.